The van der Waals surface area contributed by atoms with Crippen molar-refractivity contribution >= 4 is 5.97 Å². The van der Waals surface area contributed by atoms with Crippen molar-refractivity contribution < 1.29 is 9.53 Å². The van der Waals surface area contributed by atoms with Crippen LogP contribution in [0, 0.1) is 27.6 Å². The number of carbonyl (C=O) groups is 1. The summed E-state index contributed by atoms with van der Waals surface area (Å²) in [6, 6.07) is 0. The molecule has 0 radical (unpaired) electrons. The molecule has 0 amide bonds. The SMILES string of the molecule is C=C(C)C1(C)C2=CC=CC2C1(C)CC(C)(C(=O)OC)C(C)(C)CC. The molecular weight excluding hydrogens is 296 g/mol. The molecule has 24 heavy (non-hydrogen) atoms. The van der Waals surface area contributed by atoms with Gasteiger partial charge in [0.2, 0.25) is 0 Å². The monoisotopic (exact) mass is 330 g/mol. The number of hydrogen-bond donors (Lipinski definition) is 0. The maximum atomic E-state index is 12.9. The molecule has 0 N–H and O–H groups in total. The van der Waals surface area contributed by atoms with Crippen LogP contribution in [0.5, 0.6) is 0 Å². The lowest BCUT2D eigenvalue weighted by atomic mass is 9.37. The average Bonchev–Trinajstić information content (AvgIpc) is 3.00. The van der Waals surface area contributed by atoms with Gasteiger partial charge in [-0.1, -0.05) is 70.6 Å². The van der Waals surface area contributed by atoms with Crippen molar-refractivity contribution in [3.63, 3.8) is 0 Å². The number of allylic oxidation sites excluding steroid dienone is 5. The first kappa shape index (κ1) is 19.0. The van der Waals surface area contributed by atoms with E-state index in [1.807, 2.05) is 0 Å². The molecule has 4 unspecified atom stereocenters. The van der Waals surface area contributed by atoms with E-state index in [0.717, 1.165) is 12.8 Å². The first-order valence-electron chi connectivity index (χ1n) is 9.05. The lowest BCUT2D eigenvalue weighted by molar-refractivity contribution is -0.168. The molecule has 1 fully saturated rings. The standard InChI is InChI=1S/C22H34O2/c1-10-19(4,5)21(7,18(23)24-9)14-20(6)16-12-11-13-17(16)22(20,8)15(2)3/h11-13,16H,2,10,14H2,1,3-9H3. The zero-order valence-corrected chi connectivity index (χ0v) is 16.7. The van der Waals surface area contributed by atoms with Gasteiger partial charge in [0.15, 0.2) is 0 Å². The van der Waals surface area contributed by atoms with E-state index >= 15 is 0 Å². The molecule has 2 rings (SSSR count). The molecule has 0 aromatic heterocycles. The molecule has 2 aliphatic rings. The predicted molar refractivity (Wildman–Crippen MR) is 101 cm³/mol. The minimum absolute atomic E-state index is 0.0347. The van der Waals surface area contributed by atoms with Gasteiger partial charge >= 0.3 is 5.97 Å². The summed E-state index contributed by atoms with van der Waals surface area (Å²) < 4.78 is 5.26. The summed E-state index contributed by atoms with van der Waals surface area (Å²) in [5.74, 6) is 0.301. The van der Waals surface area contributed by atoms with E-state index in [-0.39, 0.29) is 22.2 Å². The molecule has 2 aliphatic carbocycles. The van der Waals surface area contributed by atoms with Gasteiger partial charge in [-0.3, -0.25) is 4.79 Å². The maximum absolute atomic E-state index is 12.9. The van der Waals surface area contributed by atoms with Crippen LogP contribution < -0.4 is 0 Å². The second kappa shape index (κ2) is 5.61. The Hall–Kier alpha value is -1.31. The van der Waals surface area contributed by atoms with E-state index < -0.39 is 5.41 Å². The van der Waals surface area contributed by atoms with Gasteiger partial charge in [-0.15, -0.1) is 0 Å². The molecule has 2 heteroatoms. The van der Waals surface area contributed by atoms with Gasteiger partial charge in [0.1, 0.15) is 0 Å². The molecule has 0 heterocycles. The summed E-state index contributed by atoms with van der Waals surface area (Å²) in [5.41, 5.74) is 1.84. The number of hydrogen-bond acceptors (Lipinski definition) is 2. The normalized spacial score (nSPS) is 34.0. The van der Waals surface area contributed by atoms with E-state index in [1.54, 1.807) is 0 Å². The van der Waals surface area contributed by atoms with Crippen LogP contribution in [0.3, 0.4) is 0 Å². The van der Waals surface area contributed by atoms with Crippen LogP contribution in [-0.4, -0.2) is 13.1 Å². The number of methoxy groups -OCH3 is 1. The molecule has 0 bridgehead atoms. The zero-order chi connectivity index (χ0) is 18.6. The van der Waals surface area contributed by atoms with Crippen LogP contribution in [0.4, 0.5) is 0 Å². The van der Waals surface area contributed by atoms with Gasteiger partial charge in [-0.05, 0) is 37.5 Å². The van der Waals surface area contributed by atoms with Gasteiger partial charge in [0.25, 0.3) is 0 Å². The second-order valence-electron chi connectivity index (χ2n) is 9.05. The van der Waals surface area contributed by atoms with Crippen LogP contribution in [0.1, 0.15) is 61.3 Å². The average molecular weight is 331 g/mol. The lowest BCUT2D eigenvalue weighted by Gasteiger charge is -2.65. The number of rotatable bonds is 6. The highest BCUT2D eigenvalue weighted by atomic mass is 16.5. The molecule has 2 nitrogen and oxygen atoms in total. The van der Waals surface area contributed by atoms with Crippen molar-refractivity contribution in [3.8, 4) is 0 Å². The Bertz CT molecular complexity index is 624. The molecule has 0 aliphatic heterocycles. The van der Waals surface area contributed by atoms with E-state index in [4.69, 9.17) is 4.74 Å². The second-order valence-corrected chi connectivity index (χ2v) is 9.05. The van der Waals surface area contributed by atoms with E-state index in [1.165, 1.54) is 18.3 Å². The highest BCUT2D eigenvalue weighted by molar-refractivity contribution is 5.77. The highest BCUT2D eigenvalue weighted by Gasteiger charge is 2.66. The van der Waals surface area contributed by atoms with E-state index in [2.05, 4.69) is 73.3 Å². The molecular formula is C22H34O2. The highest BCUT2D eigenvalue weighted by Crippen LogP contribution is 2.73. The number of carbonyl (C=O) groups excluding carboxylic acids is 1. The maximum Gasteiger partial charge on any atom is 0.312 e. The van der Waals surface area contributed by atoms with Crippen molar-refractivity contribution in [2.75, 3.05) is 7.11 Å². The molecule has 0 spiro atoms. The van der Waals surface area contributed by atoms with E-state index in [9.17, 15) is 4.79 Å². The quantitative estimate of drug-likeness (QED) is 0.461. The van der Waals surface area contributed by atoms with Crippen LogP contribution >= 0.6 is 0 Å². The van der Waals surface area contributed by atoms with Crippen LogP contribution in [-0.2, 0) is 9.53 Å². The smallest absolute Gasteiger partial charge is 0.312 e. The number of fused-ring (bicyclic) bond motifs is 1. The molecule has 134 valence electrons. The lowest BCUT2D eigenvalue weighted by Crippen LogP contribution is -2.60. The van der Waals surface area contributed by atoms with Crippen molar-refractivity contribution in [1.82, 2.24) is 0 Å². The molecule has 1 saturated carbocycles. The van der Waals surface area contributed by atoms with Crippen molar-refractivity contribution in [1.29, 1.82) is 0 Å². The summed E-state index contributed by atoms with van der Waals surface area (Å²) in [7, 11) is 1.51. The van der Waals surface area contributed by atoms with Gasteiger partial charge < -0.3 is 4.74 Å². The predicted octanol–water partition coefficient (Wildman–Crippen LogP) is 5.71. The third kappa shape index (κ3) is 2.11. The third-order valence-electron chi connectivity index (χ3n) is 7.91. The van der Waals surface area contributed by atoms with Gasteiger partial charge in [-0.25, -0.2) is 0 Å². The fourth-order valence-electron chi connectivity index (χ4n) is 5.03. The summed E-state index contributed by atoms with van der Waals surface area (Å²) >= 11 is 0. The largest absolute Gasteiger partial charge is 0.469 e. The molecule has 4 atom stereocenters. The Labute approximate surface area is 148 Å². The number of esters is 1. The Morgan fingerprint density at radius 1 is 1.33 bits per heavy atom. The first-order chi connectivity index (χ1) is 10.9. The Morgan fingerprint density at radius 2 is 1.92 bits per heavy atom. The Balaban J connectivity index is 2.53. The van der Waals surface area contributed by atoms with Crippen molar-refractivity contribution in [3.05, 3.63) is 36.0 Å². The van der Waals surface area contributed by atoms with Crippen LogP contribution in [0.25, 0.3) is 0 Å². The van der Waals surface area contributed by atoms with Crippen molar-refractivity contribution in [2.24, 2.45) is 27.6 Å². The molecule has 0 saturated heterocycles. The van der Waals surface area contributed by atoms with Crippen molar-refractivity contribution in [2.45, 2.75) is 61.3 Å². The fraction of sp³-hybridized carbons (Fsp3) is 0.682. The van der Waals surface area contributed by atoms with Gasteiger partial charge in [0, 0.05) is 11.3 Å². The molecule has 0 aromatic carbocycles. The first-order valence-corrected chi connectivity index (χ1v) is 9.05. The van der Waals surface area contributed by atoms with E-state index in [0.29, 0.717) is 5.92 Å². The Morgan fingerprint density at radius 3 is 2.38 bits per heavy atom. The van der Waals surface area contributed by atoms with Gasteiger partial charge in [0.05, 0.1) is 12.5 Å². The minimum Gasteiger partial charge on any atom is -0.469 e. The minimum atomic E-state index is -0.538. The Kier molecular flexibility index (Phi) is 4.44. The third-order valence-corrected chi connectivity index (χ3v) is 7.91. The number of ether oxygens (including phenoxy) is 1. The van der Waals surface area contributed by atoms with Crippen LogP contribution in [0.15, 0.2) is 36.0 Å². The summed E-state index contributed by atoms with van der Waals surface area (Å²) in [6.07, 6.45) is 8.41. The zero-order valence-electron chi connectivity index (χ0n) is 16.7. The molecule has 0 aromatic rings. The van der Waals surface area contributed by atoms with Crippen LogP contribution in [0.2, 0.25) is 0 Å². The van der Waals surface area contributed by atoms with Gasteiger partial charge in [-0.2, -0.15) is 0 Å². The summed E-state index contributed by atoms with van der Waals surface area (Å²) in [4.78, 5) is 12.9. The fourth-order valence-corrected chi connectivity index (χ4v) is 5.03. The summed E-state index contributed by atoms with van der Waals surface area (Å²) in [5, 5.41) is 0. The topological polar surface area (TPSA) is 26.3 Å². The summed E-state index contributed by atoms with van der Waals surface area (Å²) in [6.45, 7) is 19.7.